The lowest BCUT2D eigenvalue weighted by molar-refractivity contribution is 0.175. The molecule has 0 N–H and O–H groups in total. The van der Waals surface area contributed by atoms with Crippen molar-refractivity contribution in [3.05, 3.63) is 70.5 Å². The number of rotatable bonds is 4. The summed E-state index contributed by atoms with van der Waals surface area (Å²) < 4.78 is 28.3. The van der Waals surface area contributed by atoms with E-state index in [0.29, 0.717) is 29.6 Å². The molecule has 3 aliphatic heterocycles. The van der Waals surface area contributed by atoms with Crippen molar-refractivity contribution in [2.24, 2.45) is 4.99 Å². The highest BCUT2D eigenvalue weighted by atomic mass is 35.5. The van der Waals surface area contributed by atoms with Crippen molar-refractivity contribution in [3.8, 4) is 0 Å². The van der Waals surface area contributed by atoms with Gasteiger partial charge in [0.15, 0.2) is 0 Å². The first-order chi connectivity index (χ1) is 17.1. The third-order valence-electron chi connectivity index (χ3n) is 7.30. The molecule has 1 atom stereocenters. The highest BCUT2D eigenvalue weighted by Crippen LogP contribution is 2.30. The molecule has 2 saturated heterocycles. The van der Waals surface area contributed by atoms with Crippen LogP contribution in [0.15, 0.2) is 47.6 Å². The molecule has 1 aromatic carbocycles. The van der Waals surface area contributed by atoms with Crippen LogP contribution in [0, 0.1) is 11.6 Å². The fourth-order valence-electron chi connectivity index (χ4n) is 5.45. The van der Waals surface area contributed by atoms with E-state index in [4.69, 9.17) is 16.6 Å². The van der Waals surface area contributed by atoms with E-state index in [1.807, 2.05) is 24.4 Å². The first kappa shape index (κ1) is 22.6. The summed E-state index contributed by atoms with van der Waals surface area (Å²) in [5.74, 6) is -1.48. The second-order valence-electron chi connectivity index (χ2n) is 9.47. The molecule has 0 bridgehead atoms. The molecule has 5 heterocycles. The lowest BCUT2D eigenvalue weighted by Crippen LogP contribution is -2.40. The Kier molecular flexibility index (Phi) is 5.98. The van der Waals surface area contributed by atoms with Crippen LogP contribution in [0.3, 0.4) is 0 Å². The zero-order valence-corrected chi connectivity index (χ0v) is 20.1. The average Bonchev–Trinajstić information content (AvgIpc) is 3.57. The Labute approximate surface area is 208 Å². The van der Waals surface area contributed by atoms with Gasteiger partial charge in [-0.3, -0.25) is 14.9 Å². The number of anilines is 1. The molecule has 0 unspecified atom stereocenters. The summed E-state index contributed by atoms with van der Waals surface area (Å²) in [6.07, 6.45) is 8.95. The maximum absolute atomic E-state index is 14.6. The van der Waals surface area contributed by atoms with E-state index in [9.17, 15) is 8.78 Å². The van der Waals surface area contributed by atoms with Gasteiger partial charge in [-0.15, -0.1) is 0 Å². The van der Waals surface area contributed by atoms with E-state index in [2.05, 4.69) is 25.8 Å². The SMILES string of the molecule is Fc1cc(F)c(C2=NCC=C2c2ccc3ncc(N4CC[C@@H](N5CCCCC5)C4)cc3n2)cc1Cl. The summed E-state index contributed by atoms with van der Waals surface area (Å²) in [7, 11) is 0. The number of aromatic nitrogens is 2. The van der Waals surface area contributed by atoms with Crippen LogP contribution in [0.25, 0.3) is 16.6 Å². The first-order valence-corrected chi connectivity index (χ1v) is 12.6. The minimum atomic E-state index is -0.788. The van der Waals surface area contributed by atoms with Crippen LogP contribution in [-0.4, -0.2) is 59.3 Å². The second-order valence-corrected chi connectivity index (χ2v) is 9.87. The minimum Gasteiger partial charge on any atom is -0.369 e. The molecule has 0 saturated carbocycles. The Morgan fingerprint density at radius 1 is 0.943 bits per heavy atom. The van der Waals surface area contributed by atoms with Gasteiger partial charge < -0.3 is 4.90 Å². The molecule has 180 valence electrons. The Hall–Kier alpha value is -2.90. The van der Waals surface area contributed by atoms with Gasteiger partial charge in [0.1, 0.15) is 11.6 Å². The normalized spacial score (nSPS) is 21.0. The number of aliphatic imine (C=N–C) groups is 1. The number of halogens is 3. The van der Waals surface area contributed by atoms with Crippen LogP contribution >= 0.6 is 11.6 Å². The number of hydrogen-bond donors (Lipinski definition) is 0. The van der Waals surface area contributed by atoms with E-state index in [1.165, 1.54) is 44.8 Å². The van der Waals surface area contributed by atoms with Gasteiger partial charge in [-0.2, -0.15) is 0 Å². The van der Waals surface area contributed by atoms with Crippen LogP contribution in [0.2, 0.25) is 5.02 Å². The van der Waals surface area contributed by atoms with E-state index < -0.39 is 11.6 Å². The molecule has 35 heavy (non-hydrogen) atoms. The maximum Gasteiger partial charge on any atom is 0.144 e. The molecule has 2 aromatic heterocycles. The van der Waals surface area contributed by atoms with Gasteiger partial charge in [0.05, 0.1) is 45.9 Å². The van der Waals surface area contributed by atoms with Crippen LogP contribution in [-0.2, 0) is 0 Å². The molecule has 0 amide bonds. The molecule has 0 radical (unpaired) electrons. The Morgan fingerprint density at radius 2 is 1.80 bits per heavy atom. The van der Waals surface area contributed by atoms with Crippen molar-refractivity contribution in [2.45, 2.75) is 31.7 Å². The summed E-state index contributed by atoms with van der Waals surface area (Å²) in [5, 5.41) is -0.135. The molecule has 5 nitrogen and oxygen atoms in total. The molecule has 0 spiro atoms. The fourth-order valence-corrected chi connectivity index (χ4v) is 5.61. The summed E-state index contributed by atoms with van der Waals surface area (Å²) in [5.41, 5.74) is 4.67. The second kappa shape index (κ2) is 9.28. The van der Waals surface area contributed by atoms with Gasteiger partial charge in [-0.25, -0.2) is 13.8 Å². The molecule has 8 heteroatoms. The summed E-state index contributed by atoms with van der Waals surface area (Å²) >= 11 is 5.93. The predicted molar refractivity (Wildman–Crippen MR) is 136 cm³/mol. The quantitative estimate of drug-likeness (QED) is 0.449. The fraction of sp³-hybridized carbons (Fsp3) is 0.370. The van der Waals surface area contributed by atoms with Gasteiger partial charge in [0.25, 0.3) is 0 Å². The number of likely N-dealkylation sites (tertiary alicyclic amines) is 1. The zero-order chi connectivity index (χ0) is 23.9. The Bertz CT molecular complexity index is 1350. The summed E-state index contributed by atoms with van der Waals surface area (Å²) in [6, 6.07) is 8.57. The maximum atomic E-state index is 14.6. The number of nitrogens with zero attached hydrogens (tertiary/aromatic N) is 5. The zero-order valence-electron chi connectivity index (χ0n) is 19.4. The van der Waals surface area contributed by atoms with Crippen molar-refractivity contribution in [3.63, 3.8) is 0 Å². The van der Waals surface area contributed by atoms with Crippen LogP contribution in [0.4, 0.5) is 14.5 Å². The van der Waals surface area contributed by atoms with Crippen molar-refractivity contribution < 1.29 is 8.78 Å². The number of benzene rings is 1. The Balaban J connectivity index is 1.27. The van der Waals surface area contributed by atoms with E-state index in [0.717, 1.165) is 35.9 Å². The molecule has 2 fully saturated rings. The molecule has 6 rings (SSSR count). The summed E-state index contributed by atoms with van der Waals surface area (Å²) in [6.45, 7) is 4.85. The van der Waals surface area contributed by atoms with E-state index in [-0.39, 0.29) is 10.6 Å². The largest absolute Gasteiger partial charge is 0.369 e. The predicted octanol–water partition coefficient (Wildman–Crippen LogP) is 5.51. The monoisotopic (exact) mass is 493 g/mol. The molecular formula is C27H26ClF2N5. The third-order valence-corrected chi connectivity index (χ3v) is 7.59. The van der Waals surface area contributed by atoms with Crippen molar-refractivity contribution in [2.75, 3.05) is 37.6 Å². The van der Waals surface area contributed by atoms with Crippen LogP contribution in [0.1, 0.15) is 36.9 Å². The van der Waals surface area contributed by atoms with Gasteiger partial charge in [-0.1, -0.05) is 24.1 Å². The van der Waals surface area contributed by atoms with Gasteiger partial charge in [0.2, 0.25) is 0 Å². The number of piperidine rings is 1. The van der Waals surface area contributed by atoms with Crippen molar-refractivity contribution in [1.29, 1.82) is 0 Å². The lowest BCUT2D eigenvalue weighted by Gasteiger charge is -2.32. The highest BCUT2D eigenvalue weighted by molar-refractivity contribution is 6.35. The van der Waals surface area contributed by atoms with Gasteiger partial charge in [-0.05, 0) is 56.6 Å². The third kappa shape index (κ3) is 4.32. The average molecular weight is 494 g/mol. The topological polar surface area (TPSA) is 44.6 Å². The van der Waals surface area contributed by atoms with E-state index in [1.54, 1.807) is 0 Å². The van der Waals surface area contributed by atoms with Crippen molar-refractivity contribution >= 4 is 39.6 Å². The number of fused-ring (bicyclic) bond motifs is 1. The lowest BCUT2D eigenvalue weighted by atomic mass is 9.99. The molecule has 3 aliphatic rings. The summed E-state index contributed by atoms with van der Waals surface area (Å²) in [4.78, 5) is 19.0. The number of allylic oxidation sites excluding steroid dienone is 1. The number of pyridine rings is 2. The van der Waals surface area contributed by atoms with Crippen LogP contribution < -0.4 is 4.90 Å². The highest BCUT2D eigenvalue weighted by Gasteiger charge is 2.29. The number of hydrogen-bond acceptors (Lipinski definition) is 5. The standard InChI is InChI=1S/C27H26ClF2N5/c28-21-13-20(22(29)14-23(21)30)27-19(6-8-31-27)24-4-5-25-26(33-24)12-18(15-32-25)35-11-7-17(16-35)34-9-2-1-3-10-34/h4-6,12-15,17H,1-3,7-11,16H2/t17-/m1/s1. The van der Waals surface area contributed by atoms with Crippen LogP contribution in [0.5, 0.6) is 0 Å². The van der Waals surface area contributed by atoms with Gasteiger partial charge in [0, 0.05) is 36.3 Å². The molecular weight excluding hydrogens is 468 g/mol. The smallest absolute Gasteiger partial charge is 0.144 e. The molecule has 0 aliphatic carbocycles. The van der Waals surface area contributed by atoms with Gasteiger partial charge >= 0.3 is 0 Å². The Morgan fingerprint density at radius 3 is 2.66 bits per heavy atom. The van der Waals surface area contributed by atoms with E-state index >= 15 is 0 Å². The minimum absolute atomic E-state index is 0.135. The van der Waals surface area contributed by atoms with Crippen molar-refractivity contribution in [1.82, 2.24) is 14.9 Å². The molecule has 3 aromatic rings. The first-order valence-electron chi connectivity index (χ1n) is 12.2.